The van der Waals surface area contributed by atoms with E-state index < -0.39 is 24.5 Å². The molecule has 10 heavy (non-hydrogen) atoms. The molecule has 1 unspecified atom stereocenters. The molecule has 0 aromatic heterocycles. The van der Waals surface area contributed by atoms with Crippen LogP contribution in [0.25, 0.3) is 0 Å². The average Bonchev–Trinajstić information content (AvgIpc) is 1.82. The van der Waals surface area contributed by atoms with Crippen LogP contribution in [-0.4, -0.2) is 23.1 Å². The molecule has 0 spiro atoms. The molecule has 0 rings (SSSR count). The van der Waals surface area contributed by atoms with Crippen molar-refractivity contribution in [1.82, 2.24) is 0 Å². The van der Waals surface area contributed by atoms with Gasteiger partial charge in [-0.25, -0.2) is 0 Å². The maximum absolute atomic E-state index is 9.74. The van der Waals surface area contributed by atoms with E-state index >= 15 is 0 Å². The molecule has 0 amide bonds. The number of aliphatic hydroxyl groups is 1. The molecular formula is C5H7O5-. The highest BCUT2D eigenvalue weighted by Crippen LogP contribution is 1.93. The minimum atomic E-state index is -1.71. The SMILES string of the molecule is O=C([O-])CCC(O)C(=O)[O-].[H+]. The van der Waals surface area contributed by atoms with Gasteiger partial charge in [-0.1, -0.05) is 0 Å². The van der Waals surface area contributed by atoms with Crippen molar-refractivity contribution in [3.05, 3.63) is 0 Å². The summed E-state index contributed by atoms with van der Waals surface area (Å²) >= 11 is 0. The Kier molecular flexibility index (Phi) is 3.42. The van der Waals surface area contributed by atoms with Gasteiger partial charge in [0.25, 0.3) is 0 Å². The Balaban J connectivity index is 0. The molecule has 5 heteroatoms. The Labute approximate surface area is 58.4 Å². The highest BCUT2D eigenvalue weighted by atomic mass is 16.4. The lowest BCUT2D eigenvalue weighted by Crippen LogP contribution is -2.36. The molecule has 0 fully saturated rings. The number of aliphatic hydroxyl groups excluding tert-OH is 1. The summed E-state index contributed by atoms with van der Waals surface area (Å²) < 4.78 is 0. The average molecular weight is 147 g/mol. The first-order valence-corrected chi connectivity index (χ1v) is 2.63. The van der Waals surface area contributed by atoms with E-state index in [0.29, 0.717) is 0 Å². The summed E-state index contributed by atoms with van der Waals surface area (Å²) in [6.07, 6.45) is -2.56. The lowest BCUT2D eigenvalue weighted by molar-refractivity contribution is -0.316. The molecular weight excluding hydrogens is 140 g/mol. The van der Waals surface area contributed by atoms with Gasteiger partial charge in [0.15, 0.2) is 0 Å². The monoisotopic (exact) mass is 147 g/mol. The van der Waals surface area contributed by atoms with Crippen LogP contribution in [0.4, 0.5) is 0 Å². The van der Waals surface area contributed by atoms with Crippen LogP contribution in [-0.2, 0) is 9.59 Å². The number of hydrogen-bond donors (Lipinski definition) is 1. The van der Waals surface area contributed by atoms with Gasteiger partial charge in [-0.15, -0.1) is 0 Å². The topological polar surface area (TPSA) is 100 Å². The highest BCUT2D eigenvalue weighted by Gasteiger charge is 2.03. The van der Waals surface area contributed by atoms with Crippen LogP contribution in [0.1, 0.15) is 14.3 Å². The van der Waals surface area contributed by atoms with Crippen molar-refractivity contribution < 1.29 is 26.3 Å². The molecule has 1 N–H and O–H groups in total. The van der Waals surface area contributed by atoms with Crippen molar-refractivity contribution in [2.75, 3.05) is 0 Å². The lowest BCUT2D eigenvalue weighted by Gasteiger charge is -2.10. The zero-order valence-corrected chi connectivity index (χ0v) is 5.07. The zero-order valence-electron chi connectivity index (χ0n) is 6.07. The van der Waals surface area contributed by atoms with Crippen LogP contribution in [0, 0.1) is 0 Å². The molecule has 0 bridgehead atoms. The quantitative estimate of drug-likeness (QED) is 0.449. The van der Waals surface area contributed by atoms with E-state index in [-0.39, 0.29) is 7.85 Å². The fourth-order valence-electron chi connectivity index (χ4n) is 0.372. The molecule has 0 radical (unpaired) electrons. The number of carboxylic acids is 2. The summed E-state index contributed by atoms with van der Waals surface area (Å²) in [4.78, 5) is 19.4. The Bertz CT molecular complexity index is 146. The second-order valence-corrected chi connectivity index (χ2v) is 1.75. The third kappa shape index (κ3) is 3.85. The van der Waals surface area contributed by atoms with Crippen LogP contribution >= 0.6 is 0 Å². The molecule has 5 nitrogen and oxygen atoms in total. The maximum atomic E-state index is 9.74. The molecule has 0 saturated heterocycles. The van der Waals surface area contributed by atoms with Crippen LogP contribution in [0.3, 0.4) is 0 Å². The van der Waals surface area contributed by atoms with Crippen LogP contribution in [0.2, 0.25) is 0 Å². The Morgan fingerprint density at radius 3 is 2.30 bits per heavy atom. The number of aliphatic carboxylic acids is 2. The second-order valence-electron chi connectivity index (χ2n) is 1.75. The van der Waals surface area contributed by atoms with E-state index in [1.165, 1.54) is 0 Å². The molecule has 0 heterocycles. The highest BCUT2D eigenvalue weighted by molar-refractivity contribution is 5.71. The summed E-state index contributed by atoms with van der Waals surface area (Å²) in [5.74, 6) is -3.05. The number of carboxylic acid groups (broad SMARTS) is 2. The molecule has 58 valence electrons. The predicted molar refractivity (Wildman–Crippen MR) is 26.4 cm³/mol. The van der Waals surface area contributed by atoms with Crippen molar-refractivity contribution in [2.24, 2.45) is 0 Å². The first-order chi connectivity index (χ1) is 4.54. The van der Waals surface area contributed by atoms with Crippen molar-refractivity contribution in [3.8, 4) is 0 Å². The number of carbonyl (C=O) groups excluding carboxylic acids is 2. The normalized spacial score (nSPS) is 12.5. The standard InChI is InChI=1S/C5H8O5/c6-3(5(9)10)1-2-4(7)8/h3,6H,1-2H2,(H,7,8)(H,9,10)/p-1. The van der Waals surface area contributed by atoms with Crippen LogP contribution in [0.15, 0.2) is 0 Å². The first-order valence-electron chi connectivity index (χ1n) is 2.63. The van der Waals surface area contributed by atoms with E-state index in [4.69, 9.17) is 5.11 Å². The third-order valence-corrected chi connectivity index (χ3v) is 0.894. The Morgan fingerprint density at radius 1 is 1.50 bits per heavy atom. The van der Waals surface area contributed by atoms with E-state index in [1.807, 2.05) is 0 Å². The van der Waals surface area contributed by atoms with Gasteiger partial charge in [0, 0.05) is 5.97 Å². The third-order valence-electron chi connectivity index (χ3n) is 0.894. The maximum Gasteiger partial charge on any atom is 1.00 e. The smallest absolute Gasteiger partial charge is 0.550 e. The fourth-order valence-corrected chi connectivity index (χ4v) is 0.372. The van der Waals surface area contributed by atoms with Crippen molar-refractivity contribution in [3.63, 3.8) is 0 Å². The number of hydrogen-bond acceptors (Lipinski definition) is 5. The first kappa shape index (κ1) is 8.90. The molecule has 0 saturated carbocycles. The number of carbonyl (C=O) groups is 2. The molecule has 0 aromatic carbocycles. The molecule has 1 atom stereocenters. The minimum Gasteiger partial charge on any atom is -0.550 e. The van der Waals surface area contributed by atoms with Gasteiger partial charge in [-0.3, -0.25) is 0 Å². The fraction of sp³-hybridized carbons (Fsp3) is 0.600. The van der Waals surface area contributed by atoms with Gasteiger partial charge < -0.3 is 24.9 Å². The van der Waals surface area contributed by atoms with E-state index in [0.717, 1.165) is 0 Å². The summed E-state index contributed by atoms with van der Waals surface area (Å²) in [6, 6.07) is 0. The van der Waals surface area contributed by atoms with E-state index in [2.05, 4.69) is 0 Å². The van der Waals surface area contributed by atoms with E-state index in [1.54, 1.807) is 0 Å². The van der Waals surface area contributed by atoms with Crippen molar-refractivity contribution in [1.29, 1.82) is 0 Å². The van der Waals surface area contributed by atoms with Gasteiger partial charge in [-0.2, -0.15) is 0 Å². The van der Waals surface area contributed by atoms with Crippen molar-refractivity contribution >= 4 is 11.9 Å². The molecule has 0 aromatic rings. The zero-order chi connectivity index (χ0) is 8.15. The van der Waals surface area contributed by atoms with E-state index in [9.17, 15) is 19.8 Å². The summed E-state index contributed by atoms with van der Waals surface area (Å²) in [7, 11) is 0. The minimum absolute atomic E-state index is 0. The molecule has 0 aliphatic rings. The summed E-state index contributed by atoms with van der Waals surface area (Å²) in [5.41, 5.74) is 0. The molecule has 0 aliphatic heterocycles. The lowest BCUT2D eigenvalue weighted by atomic mass is 10.2. The van der Waals surface area contributed by atoms with Gasteiger partial charge in [0.05, 0.1) is 12.1 Å². The van der Waals surface area contributed by atoms with Crippen LogP contribution < -0.4 is 10.2 Å². The molecule has 0 aliphatic carbocycles. The Morgan fingerprint density at radius 2 is 2.00 bits per heavy atom. The van der Waals surface area contributed by atoms with Crippen LogP contribution in [0.5, 0.6) is 0 Å². The van der Waals surface area contributed by atoms with Gasteiger partial charge in [0.1, 0.15) is 0 Å². The summed E-state index contributed by atoms with van der Waals surface area (Å²) in [5, 5.41) is 27.9. The number of rotatable bonds is 4. The summed E-state index contributed by atoms with van der Waals surface area (Å²) in [6.45, 7) is 0. The second kappa shape index (κ2) is 3.84. The van der Waals surface area contributed by atoms with Crippen molar-refractivity contribution in [2.45, 2.75) is 18.9 Å². The Hall–Kier alpha value is -1.10. The largest absolute Gasteiger partial charge is 1.00 e. The van der Waals surface area contributed by atoms with Gasteiger partial charge in [-0.05, 0) is 12.8 Å². The predicted octanol–water partition coefficient (Wildman–Crippen LogP) is -3.26. The van der Waals surface area contributed by atoms with Gasteiger partial charge in [0.2, 0.25) is 0 Å². The van der Waals surface area contributed by atoms with Gasteiger partial charge >= 0.3 is 1.43 Å².